The van der Waals surface area contributed by atoms with Crippen LogP contribution in [0.4, 0.5) is 32.0 Å². The van der Waals surface area contributed by atoms with Crippen molar-refractivity contribution in [2.45, 2.75) is 12.4 Å². The number of hydrogen-bond acceptors (Lipinski definition) is 3. The molecule has 0 spiro atoms. The zero-order valence-corrected chi connectivity index (χ0v) is 14.5. The summed E-state index contributed by atoms with van der Waals surface area (Å²) in [6.07, 6.45) is -9.55. The monoisotopic (exact) mass is 416 g/mol. The van der Waals surface area contributed by atoms with Crippen molar-refractivity contribution >= 4 is 22.9 Å². The molecule has 28 heavy (non-hydrogen) atoms. The van der Waals surface area contributed by atoms with Crippen LogP contribution in [0.2, 0.25) is 0 Å². The second-order valence-electron chi connectivity index (χ2n) is 5.59. The minimum absolute atomic E-state index is 0.0258. The molecule has 2 aromatic carbocycles. The number of halogens is 6. The van der Waals surface area contributed by atoms with Gasteiger partial charge >= 0.3 is 12.4 Å². The van der Waals surface area contributed by atoms with E-state index in [4.69, 9.17) is 0 Å². The average Bonchev–Trinajstić information content (AvgIpc) is 3.08. The first-order valence-electron chi connectivity index (χ1n) is 7.68. The summed E-state index contributed by atoms with van der Waals surface area (Å²) in [6.45, 7) is 0. The van der Waals surface area contributed by atoms with Crippen molar-refractivity contribution in [1.29, 1.82) is 0 Å². The van der Waals surface area contributed by atoms with E-state index in [-0.39, 0.29) is 10.7 Å². The predicted octanol–water partition coefficient (Wildman–Crippen LogP) is 6.10. The normalized spacial score (nSPS) is 12.1. The summed E-state index contributed by atoms with van der Waals surface area (Å²) in [5.41, 5.74) is -2.31. The Kier molecular flexibility index (Phi) is 5.16. The lowest BCUT2D eigenvalue weighted by Crippen LogP contribution is -2.17. The Bertz CT molecular complexity index is 995. The molecular weight excluding hydrogens is 406 g/mol. The van der Waals surface area contributed by atoms with Gasteiger partial charge in [0, 0.05) is 11.3 Å². The molecule has 0 saturated carbocycles. The maximum Gasteiger partial charge on any atom is 0.435 e. The lowest BCUT2D eigenvalue weighted by atomic mass is 10.2. The van der Waals surface area contributed by atoms with Crippen molar-refractivity contribution in [2.24, 2.45) is 0 Å². The molecule has 146 valence electrons. The Balaban J connectivity index is 1.96. The van der Waals surface area contributed by atoms with Crippen LogP contribution >= 0.6 is 11.3 Å². The number of aromatic nitrogens is 1. The summed E-state index contributed by atoms with van der Waals surface area (Å²) in [4.78, 5) is 15.2. The van der Waals surface area contributed by atoms with Gasteiger partial charge in [0.25, 0.3) is 5.91 Å². The number of carbonyl (C=O) groups excluding carboxylic acids is 1. The quantitative estimate of drug-likeness (QED) is 0.524. The number of hydrogen-bond donors (Lipinski definition) is 1. The second kappa shape index (κ2) is 7.27. The molecule has 3 aromatic rings. The molecule has 0 saturated heterocycles. The van der Waals surface area contributed by atoms with Gasteiger partial charge in [0.2, 0.25) is 0 Å². The summed E-state index contributed by atoms with van der Waals surface area (Å²) in [6, 6.07) is 11.6. The van der Waals surface area contributed by atoms with Crippen molar-refractivity contribution in [2.75, 3.05) is 5.32 Å². The van der Waals surface area contributed by atoms with Gasteiger partial charge < -0.3 is 5.32 Å². The molecule has 0 aliphatic rings. The highest BCUT2D eigenvalue weighted by molar-refractivity contribution is 7.17. The van der Waals surface area contributed by atoms with Crippen LogP contribution in [0.5, 0.6) is 0 Å². The Hall–Kier alpha value is -2.88. The molecule has 3 nitrogen and oxygen atoms in total. The van der Waals surface area contributed by atoms with Crippen molar-refractivity contribution in [1.82, 2.24) is 4.98 Å². The van der Waals surface area contributed by atoms with Crippen molar-refractivity contribution in [3.8, 4) is 10.6 Å². The third-order valence-corrected chi connectivity index (χ3v) is 4.67. The number of rotatable bonds is 3. The third kappa shape index (κ3) is 4.33. The zero-order valence-electron chi connectivity index (χ0n) is 13.7. The first-order chi connectivity index (χ1) is 13.1. The van der Waals surface area contributed by atoms with E-state index in [1.54, 1.807) is 18.2 Å². The van der Waals surface area contributed by atoms with Crippen LogP contribution in [0, 0.1) is 0 Å². The van der Waals surface area contributed by atoms with E-state index in [1.165, 1.54) is 12.1 Å². The zero-order chi connectivity index (χ0) is 20.5. The van der Waals surface area contributed by atoms with Crippen LogP contribution in [0.15, 0.2) is 54.6 Å². The summed E-state index contributed by atoms with van der Waals surface area (Å²) >= 11 is 0.511. The molecule has 1 heterocycles. The summed E-state index contributed by atoms with van der Waals surface area (Å²) in [7, 11) is 0. The highest BCUT2D eigenvalue weighted by Gasteiger charge is 2.40. The smallest absolute Gasteiger partial charge is 0.321 e. The first-order valence-corrected chi connectivity index (χ1v) is 8.49. The van der Waals surface area contributed by atoms with Crippen molar-refractivity contribution in [3.05, 3.63) is 70.7 Å². The summed E-state index contributed by atoms with van der Waals surface area (Å²) in [5, 5.41) is 2.05. The predicted molar refractivity (Wildman–Crippen MR) is 91.9 cm³/mol. The number of anilines is 1. The van der Waals surface area contributed by atoms with Crippen LogP contribution in [-0.2, 0) is 12.4 Å². The minimum Gasteiger partial charge on any atom is -0.321 e. The van der Waals surface area contributed by atoms with Gasteiger partial charge in [-0.2, -0.15) is 26.3 Å². The molecular formula is C18H10F6N2OS. The van der Waals surface area contributed by atoms with E-state index in [0.717, 1.165) is 18.2 Å². The Labute approximate surface area is 158 Å². The fraction of sp³-hybridized carbons (Fsp3) is 0.111. The number of nitrogens with zero attached hydrogens (tertiary/aromatic N) is 1. The van der Waals surface area contributed by atoms with E-state index >= 15 is 0 Å². The van der Waals surface area contributed by atoms with E-state index in [0.29, 0.717) is 23.0 Å². The molecule has 3 rings (SSSR count). The molecule has 0 bridgehead atoms. The van der Waals surface area contributed by atoms with Crippen molar-refractivity contribution in [3.63, 3.8) is 0 Å². The first kappa shape index (κ1) is 19.9. The van der Waals surface area contributed by atoms with Gasteiger partial charge in [0.1, 0.15) is 9.88 Å². The molecule has 0 aliphatic heterocycles. The highest BCUT2D eigenvalue weighted by atomic mass is 32.1. The minimum atomic E-state index is -4.90. The summed E-state index contributed by atoms with van der Waals surface area (Å²) < 4.78 is 78.2. The van der Waals surface area contributed by atoms with Gasteiger partial charge in [-0.05, 0) is 18.2 Å². The van der Waals surface area contributed by atoms with Crippen LogP contribution in [0.1, 0.15) is 20.9 Å². The van der Waals surface area contributed by atoms with Gasteiger partial charge in [-0.1, -0.05) is 36.4 Å². The number of benzene rings is 2. The lowest BCUT2D eigenvalue weighted by molar-refractivity contribution is -0.141. The molecule has 0 atom stereocenters. The van der Waals surface area contributed by atoms with Crippen LogP contribution in [-0.4, -0.2) is 10.9 Å². The van der Waals surface area contributed by atoms with Gasteiger partial charge in [-0.25, -0.2) is 4.98 Å². The van der Waals surface area contributed by atoms with Crippen LogP contribution < -0.4 is 5.32 Å². The van der Waals surface area contributed by atoms with E-state index in [1.807, 2.05) is 0 Å². The van der Waals surface area contributed by atoms with Gasteiger partial charge in [0.15, 0.2) is 5.69 Å². The number of amides is 1. The Morgan fingerprint density at radius 2 is 1.57 bits per heavy atom. The molecule has 1 N–H and O–H groups in total. The topological polar surface area (TPSA) is 42.0 Å². The number of carbonyl (C=O) groups is 1. The van der Waals surface area contributed by atoms with Gasteiger partial charge in [-0.15, -0.1) is 11.3 Å². The molecule has 1 aromatic heterocycles. The van der Waals surface area contributed by atoms with Crippen LogP contribution in [0.3, 0.4) is 0 Å². The van der Waals surface area contributed by atoms with Crippen molar-refractivity contribution < 1.29 is 31.1 Å². The maximum atomic E-state index is 13.3. The fourth-order valence-corrected chi connectivity index (χ4v) is 3.32. The SMILES string of the molecule is O=C(Nc1cccc(C(F)(F)F)c1)c1sc(-c2ccccc2)nc1C(F)(F)F. The van der Waals surface area contributed by atoms with Crippen LogP contribution in [0.25, 0.3) is 10.6 Å². The third-order valence-electron chi connectivity index (χ3n) is 3.57. The van der Waals surface area contributed by atoms with E-state index in [2.05, 4.69) is 10.3 Å². The largest absolute Gasteiger partial charge is 0.435 e. The maximum absolute atomic E-state index is 13.3. The fourth-order valence-electron chi connectivity index (χ4n) is 2.33. The van der Waals surface area contributed by atoms with E-state index < -0.39 is 34.4 Å². The molecule has 0 unspecified atom stereocenters. The molecule has 1 amide bonds. The van der Waals surface area contributed by atoms with E-state index in [9.17, 15) is 31.1 Å². The number of alkyl halides is 6. The molecule has 0 radical (unpaired) electrons. The second-order valence-corrected chi connectivity index (χ2v) is 6.59. The lowest BCUT2D eigenvalue weighted by Gasteiger charge is -2.10. The molecule has 10 heteroatoms. The number of nitrogens with one attached hydrogen (secondary N) is 1. The van der Waals surface area contributed by atoms with Gasteiger partial charge in [0.05, 0.1) is 5.56 Å². The molecule has 0 fully saturated rings. The average molecular weight is 416 g/mol. The Morgan fingerprint density at radius 3 is 2.18 bits per heavy atom. The summed E-state index contributed by atoms with van der Waals surface area (Å²) in [5.74, 6) is -1.19. The highest BCUT2D eigenvalue weighted by Crippen LogP contribution is 2.38. The van der Waals surface area contributed by atoms with Gasteiger partial charge in [-0.3, -0.25) is 4.79 Å². The standard InChI is InChI=1S/C18H10F6N2OS/c19-17(20,21)11-7-4-8-12(9-11)25-15(27)13-14(18(22,23)24)26-16(28-13)10-5-2-1-3-6-10/h1-9H,(H,25,27). The Morgan fingerprint density at radius 1 is 0.893 bits per heavy atom. The molecule has 0 aliphatic carbocycles. The number of thiazole rings is 1.